The van der Waals surface area contributed by atoms with Crippen LogP contribution < -0.4 is 4.90 Å². The highest BCUT2D eigenvalue weighted by molar-refractivity contribution is 7.19. The van der Waals surface area contributed by atoms with Gasteiger partial charge in [0, 0.05) is 23.0 Å². The fourth-order valence-electron chi connectivity index (χ4n) is 3.77. The number of aromatic nitrogens is 2. The number of anilines is 1. The highest BCUT2D eigenvalue weighted by Gasteiger charge is 2.24. The Morgan fingerprint density at radius 2 is 1.70 bits per heavy atom. The summed E-state index contributed by atoms with van der Waals surface area (Å²) in [6.45, 7) is 9.48. The van der Waals surface area contributed by atoms with Gasteiger partial charge in [0.1, 0.15) is 10.6 Å². The van der Waals surface area contributed by atoms with Crippen LogP contribution in [0.3, 0.4) is 0 Å². The predicted octanol–water partition coefficient (Wildman–Crippen LogP) is 7.30. The van der Waals surface area contributed by atoms with E-state index in [0.29, 0.717) is 5.28 Å². The fourth-order valence-corrected chi connectivity index (χ4v) is 5.11. The number of fused-ring (bicyclic) bond motifs is 1. The molecular formula is C25H26ClN3S. The summed E-state index contributed by atoms with van der Waals surface area (Å²) in [4.78, 5) is 14.0. The summed E-state index contributed by atoms with van der Waals surface area (Å²) in [5.74, 6) is 0.912. The zero-order valence-corrected chi connectivity index (χ0v) is 19.4. The first-order valence-corrected chi connectivity index (χ1v) is 11.5. The summed E-state index contributed by atoms with van der Waals surface area (Å²) >= 11 is 8.13. The third-order valence-electron chi connectivity index (χ3n) is 5.33. The molecule has 0 aliphatic carbocycles. The molecule has 0 N–H and O–H groups in total. The maximum absolute atomic E-state index is 6.40. The van der Waals surface area contributed by atoms with Crippen LogP contribution in [-0.4, -0.2) is 16.0 Å². The van der Waals surface area contributed by atoms with Crippen molar-refractivity contribution in [3.63, 3.8) is 0 Å². The minimum atomic E-state index is 0.259. The molecular weight excluding hydrogens is 410 g/mol. The van der Waals surface area contributed by atoms with E-state index in [0.717, 1.165) is 29.0 Å². The third kappa shape index (κ3) is 4.07. The van der Waals surface area contributed by atoms with Crippen molar-refractivity contribution in [2.75, 3.05) is 4.90 Å². The summed E-state index contributed by atoms with van der Waals surface area (Å²) in [6, 6.07) is 19.5. The molecule has 0 amide bonds. The SMILES string of the molecule is CCc1sc2nc(Cl)nc(N(Cc3ccccc3)C(C)C)c2c1-c1ccc(C)cc1. The van der Waals surface area contributed by atoms with Crippen molar-refractivity contribution in [3.8, 4) is 11.1 Å². The van der Waals surface area contributed by atoms with Gasteiger partial charge in [0.15, 0.2) is 0 Å². The highest BCUT2D eigenvalue weighted by Crippen LogP contribution is 2.43. The van der Waals surface area contributed by atoms with Crippen LogP contribution in [0, 0.1) is 6.92 Å². The largest absolute Gasteiger partial charge is 0.349 e. The van der Waals surface area contributed by atoms with E-state index in [1.807, 2.05) is 6.07 Å². The second-order valence-corrected chi connectivity index (χ2v) is 9.25. The maximum atomic E-state index is 6.40. The molecule has 2 aromatic heterocycles. The van der Waals surface area contributed by atoms with Crippen molar-refractivity contribution in [2.24, 2.45) is 0 Å². The van der Waals surface area contributed by atoms with E-state index in [1.165, 1.54) is 27.1 Å². The Hall–Kier alpha value is -2.43. The number of halogens is 1. The van der Waals surface area contributed by atoms with Crippen LogP contribution in [0.15, 0.2) is 54.6 Å². The molecule has 4 aromatic rings. The summed E-state index contributed by atoms with van der Waals surface area (Å²) in [6.07, 6.45) is 0.946. The van der Waals surface area contributed by atoms with E-state index >= 15 is 0 Å². The lowest BCUT2D eigenvalue weighted by atomic mass is 10.0. The normalized spacial score (nSPS) is 11.4. The van der Waals surface area contributed by atoms with Crippen LogP contribution >= 0.6 is 22.9 Å². The molecule has 0 atom stereocenters. The van der Waals surface area contributed by atoms with Crippen LogP contribution in [0.2, 0.25) is 5.28 Å². The number of nitrogens with zero attached hydrogens (tertiary/aromatic N) is 3. The number of hydrogen-bond acceptors (Lipinski definition) is 4. The Morgan fingerprint density at radius 3 is 2.33 bits per heavy atom. The van der Waals surface area contributed by atoms with Crippen LogP contribution in [0.4, 0.5) is 5.82 Å². The fraction of sp³-hybridized carbons (Fsp3) is 0.280. The molecule has 2 heterocycles. The molecule has 154 valence electrons. The molecule has 3 nitrogen and oxygen atoms in total. The Morgan fingerprint density at radius 1 is 1.00 bits per heavy atom. The second-order valence-electron chi connectivity index (χ2n) is 7.82. The van der Waals surface area contributed by atoms with E-state index in [2.05, 4.69) is 86.1 Å². The minimum absolute atomic E-state index is 0.259. The van der Waals surface area contributed by atoms with Gasteiger partial charge in [-0.05, 0) is 49.9 Å². The second kappa shape index (κ2) is 8.75. The molecule has 4 rings (SSSR count). The number of hydrogen-bond donors (Lipinski definition) is 0. The minimum Gasteiger partial charge on any atom is -0.349 e. The molecule has 0 aliphatic heterocycles. The van der Waals surface area contributed by atoms with Gasteiger partial charge in [-0.2, -0.15) is 4.98 Å². The van der Waals surface area contributed by atoms with Gasteiger partial charge in [-0.15, -0.1) is 11.3 Å². The quantitative estimate of drug-likeness (QED) is 0.297. The number of thiophene rings is 1. The first-order valence-electron chi connectivity index (χ1n) is 10.3. The number of rotatable bonds is 6. The van der Waals surface area contributed by atoms with E-state index < -0.39 is 0 Å². The lowest BCUT2D eigenvalue weighted by Crippen LogP contribution is -2.31. The summed E-state index contributed by atoms with van der Waals surface area (Å²) < 4.78 is 0. The van der Waals surface area contributed by atoms with Gasteiger partial charge in [-0.1, -0.05) is 67.1 Å². The smallest absolute Gasteiger partial charge is 0.225 e. The molecule has 30 heavy (non-hydrogen) atoms. The van der Waals surface area contributed by atoms with Gasteiger partial charge in [0.05, 0.1) is 5.39 Å². The number of benzene rings is 2. The van der Waals surface area contributed by atoms with Crippen LogP contribution in [0.1, 0.15) is 36.8 Å². The molecule has 2 aromatic carbocycles. The zero-order valence-electron chi connectivity index (χ0n) is 17.8. The highest BCUT2D eigenvalue weighted by atomic mass is 35.5. The van der Waals surface area contributed by atoms with E-state index in [1.54, 1.807) is 11.3 Å². The summed E-state index contributed by atoms with van der Waals surface area (Å²) in [7, 11) is 0. The van der Waals surface area contributed by atoms with E-state index in [9.17, 15) is 0 Å². The van der Waals surface area contributed by atoms with E-state index in [4.69, 9.17) is 16.6 Å². The van der Waals surface area contributed by atoms with Crippen molar-refractivity contribution in [1.82, 2.24) is 9.97 Å². The predicted molar refractivity (Wildman–Crippen MR) is 130 cm³/mol. The molecule has 0 unspecified atom stereocenters. The molecule has 0 saturated carbocycles. The Kier molecular flexibility index (Phi) is 6.07. The molecule has 0 fully saturated rings. The lowest BCUT2D eigenvalue weighted by molar-refractivity contribution is 0.675. The summed E-state index contributed by atoms with van der Waals surface area (Å²) in [5, 5.41) is 1.41. The average Bonchev–Trinajstić information content (AvgIpc) is 3.11. The van der Waals surface area contributed by atoms with Crippen LogP contribution in [0.25, 0.3) is 21.3 Å². The lowest BCUT2D eigenvalue weighted by Gasteiger charge is -2.29. The van der Waals surface area contributed by atoms with Gasteiger partial charge < -0.3 is 4.90 Å². The monoisotopic (exact) mass is 435 g/mol. The van der Waals surface area contributed by atoms with Crippen molar-refractivity contribution in [2.45, 2.75) is 46.7 Å². The molecule has 0 aliphatic rings. The van der Waals surface area contributed by atoms with Gasteiger partial charge in [0.25, 0.3) is 0 Å². The van der Waals surface area contributed by atoms with Crippen molar-refractivity contribution >= 4 is 39.0 Å². The molecule has 0 saturated heterocycles. The van der Waals surface area contributed by atoms with Gasteiger partial charge in [-0.25, -0.2) is 4.98 Å². The zero-order chi connectivity index (χ0) is 21.3. The molecule has 0 radical (unpaired) electrons. The topological polar surface area (TPSA) is 29.0 Å². The first kappa shape index (κ1) is 20.8. The maximum Gasteiger partial charge on any atom is 0.225 e. The Bertz CT molecular complexity index is 1150. The van der Waals surface area contributed by atoms with Crippen molar-refractivity contribution in [3.05, 3.63) is 75.9 Å². The summed E-state index contributed by atoms with van der Waals surface area (Å²) in [5.41, 5.74) is 4.95. The van der Waals surface area contributed by atoms with Gasteiger partial charge in [-0.3, -0.25) is 0 Å². The first-order chi connectivity index (χ1) is 14.5. The van der Waals surface area contributed by atoms with E-state index in [-0.39, 0.29) is 6.04 Å². The third-order valence-corrected chi connectivity index (χ3v) is 6.73. The van der Waals surface area contributed by atoms with Crippen LogP contribution in [0.5, 0.6) is 0 Å². The van der Waals surface area contributed by atoms with Crippen LogP contribution in [-0.2, 0) is 13.0 Å². The molecule has 0 bridgehead atoms. The number of aryl methyl sites for hydroxylation is 2. The van der Waals surface area contributed by atoms with Crippen molar-refractivity contribution in [1.29, 1.82) is 0 Å². The van der Waals surface area contributed by atoms with Crippen molar-refractivity contribution < 1.29 is 0 Å². The van der Waals surface area contributed by atoms with Gasteiger partial charge in [0.2, 0.25) is 5.28 Å². The Balaban J connectivity index is 1.96. The Labute approximate surface area is 187 Å². The molecule has 5 heteroatoms. The van der Waals surface area contributed by atoms with Gasteiger partial charge >= 0.3 is 0 Å². The molecule has 0 spiro atoms. The average molecular weight is 436 g/mol. The standard InChI is InChI=1S/C25H26ClN3S/c1-5-20-21(19-13-11-17(4)12-14-19)22-23(27-25(26)28-24(22)30-20)29(16(2)3)15-18-9-7-6-8-10-18/h6-14,16H,5,15H2,1-4H3.